The van der Waals surface area contributed by atoms with Gasteiger partial charge in [0.15, 0.2) is 0 Å². The van der Waals surface area contributed by atoms with Gasteiger partial charge in [0.2, 0.25) is 17.8 Å². The number of carbonyl (C=O) groups is 2. The lowest BCUT2D eigenvalue weighted by atomic mass is 9.75. The van der Waals surface area contributed by atoms with Crippen LogP contribution in [0.25, 0.3) is 0 Å². The zero-order valence-corrected chi connectivity index (χ0v) is 23.1. The van der Waals surface area contributed by atoms with Gasteiger partial charge in [0.25, 0.3) is 0 Å². The van der Waals surface area contributed by atoms with Crippen LogP contribution in [0.1, 0.15) is 51.5 Å². The number of hydrogen-bond donors (Lipinski definition) is 2. The maximum absolute atomic E-state index is 14.0. The number of fused-ring (bicyclic) bond motifs is 1. The predicted octanol–water partition coefficient (Wildman–Crippen LogP) is 2.75. The number of aromatic nitrogens is 2. The molecule has 1 aromatic heterocycles. The lowest BCUT2D eigenvalue weighted by molar-refractivity contribution is -0.140. The van der Waals surface area contributed by atoms with E-state index >= 15 is 0 Å². The zero-order chi connectivity index (χ0) is 27.3. The third-order valence-corrected chi connectivity index (χ3v) is 9.16. The quantitative estimate of drug-likeness (QED) is 0.605. The molecule has 1 spiro atoms. The van der Waals surface area contributed by atoms with Crippen molar-refractivity contribution in [3.05, 3.63) is 36.0 Å². The van der Waals surface area contributed by atoms with Crippen LogP contribution in [0, 0.1) is 5.41 Å². The van der Waals surface area contributed by atoms with Gasteiger partial charge in [-0.15, -0.1) is 0 Å². The minimum atomic E-state index is -1.18. The summed E-state index contributed by atoms with van der Waals surface area (Å²) < 4.78 is 0. The summed E-state index contributed by atoms with van der Waals surface area (Å²) >= 11 is 0. The van der Waals surface area contributed by atoms with E-state index in [9.17, 15) is 14.7 Å². The van der Waals surface area contributed by atoms with E-state index in [1.54, 1.807) is 18.1 Å². The number of aliphatic hydroxyl groups is 1. The summed E-state index contributed by atoms with van der Waals surface area (Å²) in [5.41, 5.74) is 1.69. The Morgan fingerprint density at radius 2 is 1.72 bits per heavy atom. The van der Waals surface area contributed by atoms with Crippen LogP contribution in [0.3, 0.4) is 0 Å². The van der Waals surface area contributed by atoms with Crippen LogP contribution in [-0.4, -0.2) is 88.2 Å². The Labute approximate surface area is 230 Å². The number of carbonyl (C=O) groups excluding carboxylic acids is 2. The van der Waals surface area contributed by atoms with Crippen LogP contribution in [-0.2, 0) is 16.0 Å². The number of likely N-dealkylation sites (tertiary alicyclic amines) is 1. The highest BCUT2D eigenvalue weighted by Gasteiger charge is 2.60. The van der Waals surface area contributed by atoms with E-state index in [0.29, 0.717) is 17.8 Å². The molecule has 208 valence electrons. The number of nitrogens with one attached hydrogen (secondary N) is 1. The van der Waals surface area contributed by atoms with Crippen molar-refractivity contribution in [3.8, 4) is 0 Å². The van der Waals surface area contributed by atoms with E-state index in [4.69, 9.17) is 4.98 Å². The topological polar surface area (TPSA) is 105 Å². The van der Waals surface area contributed by atoms with Crippen molar-refractivity contribution >= 4 is 35.0 Å². The van der Waals surface area contributed by atoms with Gasteiger partial charge in [0, 0.05) is 74.9 Å². The molecule has 3 aliphatic heterocycles. The number of aliphatic hydroxyl groups excluding tert-OH is 1. The SMILES string of the molecule is CC(C)N1CCN(c2ccc(Nc3ncc4c(n3)N(C3CCCC3)C(=O)C3(CC(=O)N(C)C3O)C4)cc2)CC1. The summed E-state index contributed by atoms with van der Waals surface area (Å²) in [6.07, 6.45) is 4.73. The van der Waals surface area contributed by atoms with E-state index in [0.717, 1.165) is 63.1 Å². The molecular weight excluding hydrogens is 494 g/mol. The van der Waals surface area contributed by atoms with Gasteiger partial charge in [-0.05, 0) is 57.4 Å². The van der Waals surface area contributed by atoms with Crippen molar-refractivity contribution in [1.82, 2.24) is 19.8 Å². The summed E-state index contributed by atoms with van der Waals surface area (Å²) in [5, 5.41) is 14.3. The van der Waals surface area contributed by atoms with Crippen molar-refractivity contribution < 1.29 is 14.7 Å². The maximum atomic E-state index is 14.0. The number of anilines is 4. The molecule has 1 saturated carbocycles. The van der Waals surface area contributed by atoms with Crippen molar-refractivity contribution in [2.75, 3.05) is 48.3 Å². The summed E-state index contributed by atoms with van der Waals surface area (Å²) in [5.74, 6) is 0.622. The van der Waals surface area contributed by atoms with Crippen molar-refractivity contribution in [3.63, 3.8) is 0 Å². The molecule has 2 saturated heterocycles. The molecule has 1 aromatic carbocycles. The molecule has 10 nitrogen and oxygen atoms in total. The van der Waals surface area contributed by atoms with Crippen LogP contribution < -0.4 is 15.1 Å². The Morgan fingerprint density at radius 3 is 2.33 bits per heavy atom. The average molecular weight is 534 g/mol. The molecule has 0 bridgehead atoms. The number of hydrogen-bond acceptors (Lipinski definition) is 8. The Morgan fingerprint density at radius 1 is 1.03 bits per heavy atom. The molecule has 4 heterocycles. The van der Waals surface area contributed by atoms with Gasteiger partial charge in [-0.25, -0.2) is 4.98 Å². The first-order chi connectivity index (χ1) is 18.8. The van der Waals surface area contributed by atoms with Gasteiger partial charge >= 0.3 is 0 Å². The summed E-state index contributed by atoms with van der Waals surface area (Å²) in [7, 11) is 1.56. The molecule has 2 N–H and O–H groups in total. The fourth-order valence-corrected chi connectivity index (χ4v) is 6.76. The van der Waals surface area contributed by atoms with Crippen LogP contribution in [0.5, 0.6) is 0 Å². The molecule has 39 heavy (non-hydrogen) atoms. The van der Waals surface area contributed by atoms with E-state index in [1.807, 2.05) is 12.1 Å². The predicted molar refractivity (Wildman–Crippen MR) is 150 cm³/mol. The molecule has 2 unspecified atom stereocenters. The van der Waals surface area contributed by atoms with E-state index in [-0.39, 0.29) is 30.7 Å². The van der Waals surface area contributed by atoms with Crippen LogP contribution in [0.2, 0.25) is 0 Å². The Bertz CT molecular complexity index is 1240. The van der Waals surface area contributed by atoms with E-state index in [2.05, 4.69) is 46.1 Å². The Hall–Kier alpha value is -3.24. The van der Waals surface area contributed by atoms with Gasteiger partial charge in [-0.2, -0.15) is 4.98 Å². The summed E-state index contributed by atoms with van der Waals surface area (Å²) in [4.78, 5) is 43.9. The fourth-order valence-electron chi connectivity index (χ4n) is 6.76. The third-order valence-electron chi connectivity index (χ3n) is 9.16. The van der Waals surface area contributed by atoms with Gasteiger partial charge in [-0.1, -0.05) is 12.8 Å². The van der Waals surface area contributed by atoms with Gasteiger partial charge in [0.05, 0.1) is 0 Å². The monoisotopic (exact) mass is 533 g/mol. The minimum Gasteiger partial charge on any atom is -0.372 e. The largest absolute Gasteiger partial charge is 0.372 e. The van der Waals surface area contributed by atoms with Crippen LogP contribution in [0.15, 0.2) is 30.5 Å². The average Bonchev–Trinajstić information content (AvgIpc) is 3.54. The molecule has 3 fully saturated rings. The smallest absolute Gasteiger partial charge is 0.240 e. The lowest BCUT2D eigenvalue weighted by Gasteiger charge is -2.43. The summed E-state index contributed by atoms with van der Waals surface area (Å²) in [6.45, 7) is 8.66. The number of piperazine rings is 1. The number of amides is 2. The molecule has 2 atom stereocenters. The second-order valence-corrected chi connectivity index (χ2v) is 11.8. The first-order valence-corrected chi connectivity index (χ1v) is 14.3. The molecule has 6 rings (SSSR count). The van der Waals surface area contributed by atoms with Gasteiger partial charge < -0.3 is 20.2 Å². The number of benzene rings is 1. The van der Waals surface area contributed by atoms with Crippen LogP contribution in [0.4, 0.5) is 23.1 Å². The standard InChI is InChI=1S/C29H39N7O3/c1-19(2)34-12-14-35(15-13-34)22-10-8-21(9-11-22)31-28-30-18-20-16-29(17-24(37)33(3)26(29)38)27(39)36(25(20)32-28)23-6-4-5-7-23/h8-11,18-19,23,26,38H,4-7,12-17H2,1-3H3,(H,30,31,32). The lowest BCUT2D eigenvalue weighted by Crippen LogP contribution is -2.57. The number of rotatable bonds is 5. The first-order valence-electron chi connectivity index (χ1n) is 14.3. The van der Waals surface area contributed by atoms with Crippen LogP contribution >= 0.6 is 0 Å². The normalized spacial score (nSPS) is 26.3. The highest BCUT2D eigenvalue weighted by molar-refractivity contribution is 6.04. The highest BCUT2D eigenvalue weighted by atomic mass is 16.3. The summed E-state index contributed by atoms with van der Waals surface area (Å²) in [6, 6.07) is 8.92. The highest BCUT2D eigenvalue weighted by Crippen LogP contribution is 2.48. The molecule has 10 heteroatoms. The van der Waals surface area contributed by atoms with Gasteiger partial charge in [-0.3, -0.25) is 19.4 Å². The second-order valence-electron chi connectivity index (χ2n) is 11.8. The minimum absolute atomic E-state index is 0.00499. The number of nitrogens with zero attached hydrogens (tertiary/aromatic N) is 6. The fraction of sp³-hybridized carbons (Fsp3) is 0.586. The molecule has 4 aliphatic rings. The zero-order valence-electron chi connectivity index (χ0n) is 23.1. The van der Waals surface area contributed by atoms with Gasteiger partial charge in [0.1, 0.15) is 17.5 Å². The van der Waals surface area contributed by atoms with E-state index < -0.39 is 11.6 Å². The molecule has 2 aromatic rings. The first kappa shape index (κ1) is 26.0. The molecular formula is C29H39N7O3. The second kappa shape index (κ2) is 10.1. The Balaban J connectivity index is 1.23. The molecule has 0 radical (unpaired) electrons. The van der Waals surface area contributed by atoms with Crippen molar-refractivity contribution in [1.29, 1.82) is 0 Å². The molecule has 1 aliphatic carbocycles. The van der Waals surface area contributed by atoms with Crippen molar-refractivity contribution in [2.45, 2.75) is 70.7 Å². The third kappa shape index (κ3) is 4.53. The van der Waals surface area contributed by atoms with Crippen molar-refractivity contribution in [2.24, 2.45) is 5.41 Å². The van der Waals surface area contributed by atoms with E-state index in [1.165, 1.54) is 10.6 Å². The Kier molecular flexibility index (Phi) is 6.71. The maximum Gasteiger partial charge on any atom is 0.240 e. The molecule has 2 amide bonds.